The number of hydrogen-bond donors (Lipinski definition) is 2. The average Bonchev–Trinajstić information content (AvgIpc) is 3.10. The zero-order chi connectivity index (χ0) is 16.9. The van der Waals surface area contributed by atoms with Crippen LogP contribution in [-0.2, 0) is 17.6 Å². The van der Waals surface area contributed by atoms with Crippen LogP contribution >= 0.6 is 0 Å². The fourth-order valence-corrected chi connectivity index (χ4v) is 3.28. The Kier molecular flexibility index (Phi) is 5.08. The Morgan fingerprint density at radius 3 is 2.75 bits per heavy atom. The van der Waals surface area contributed by atoms with Crippen LogP contribution in [-0.4, -0.2) is 44.3 Å². The van der Waals surface area contributed by atoms with Crippen molar-refractivity contribution < 1.29 is 4.79 Å². The van der Waals surface area contributed by atoms with Crippen LogP contribution in [0.3, 0.4) is 0 Å². The van der Waals surface area contributed by atoms with Crippen molar-refractivity contribution in [3.05, 3.63) is 45.6 Å². The first kappa shape index (κ1) is 16.4. The molecule has 1 aliphatic heterocycles. The Labute approximate surface area is 140 Å². The molecule has 2 aromatic rings. The molecule has 7 nitrogen and oxygen atoms in total. The normalized spacial score (nSPS) is 15.6. The molecular formula is C17H23N5O2. The Morgan fingerprint density at radius 1 is 1.29 bits per heavy atom. The number of rotatable bonds is 5. The third kappa shape index (κ3) is 3.72. The number of aromatic amines is 2. The van der Waals surface area contributed by atoms with Crippen LogP contribution in [0.15, 0.2) is 23.1 Å². The number of H-pyrrole nitrogens is 2. The van der Waals surface area contributed by atoms with Crippen LogP contribution in [0.1, 0.15) is 49.1 Å². The molecule has 0 aliphatic carbocycles. The summed E-state index contributed by atoms with van der Waals surface area (Å²) < 4.78 is 0. The molecule has 1 saturated heterocycles. The lowest BCUT2D eigenvalue weighted by atomic mass is 9.90. The predicted octanol–water partition coefficient (Wildman–Crippen LogP) is 1.39. The number of nitrogens with one attached hydrogen (secondary N) is 2. The van der Waals surface area contributed by atoms with E-state index >= 15 is 0 Å². The molecule has 2 N–H and O–H groups in total. The minimum Gasteiger partial charge on any atom is -0.343 e. The molecule has 7 heteroatoms. The van der Waals surface area contributed by atoms with Gasteiger partial charge in [-0.1, -0.05) is 6.92 Å². The highest BCUT2D eigenvalue weighted by Gasteiger charge is 2.25. The fraction of sp³-hybridized carbons (Fsp3) is 0.529. The van der Waals surface area contributed by atoms with Crippen molar-refractivity contribution in [2.75, 3.05) is 13.1 Å². The minimum absolute atomic E-state index is 0.154. The number of carbonyl (C=O) groups excluding carboxylic acids is 1. The van der Waals surface area contributed by atoms with E-state index in [0.717, 1.165) is 38.0 Å². The molecule has 3 heterocycles. The largest absolute Gasteiger partial charge is 0.343 e. The average molecular weight is 329 g/mol. The Balaban J connectivity index is 1.50. The number of nitrogens with zero attached hydrogens (tertiary/aromatic N) is 3. The highest BCUT2D eigenvalue weighted by Crippen LogP contribution is 2.29. The van der Waals surface area contributed by atoms with E-state index in [0.29, 0.717) is 18.8 Å². The van der Waals surface area contributed by atoms with Gasteiger partial charge in [0.15, 0.2) is 0 Å². The Bertz CT molecular complexity index is 723. The van der Waals surface area contributed by atoms with Crippen LogP contribution in [0.5, 0.6) is 0 Å². The van der Waals surface area contributed by atoms with Crippen LogP contribution in [0.4, 0.5) is 0 Å². The van der Waals surface area contributed by atoms with Crippen molar-refractivity contribution in [1.82, 2.24) is 25.3 Å². The molecule has 1 aliphatic rings. The number of piperidine rings is 1. The molecule has 1 amide bonds. The number of aromatic nitrogens is 4. The predicted molar refractivity (Wildman–Crippen MR) is 89.7 cm³/mol. The van der Waals surface area contributed by atoms with Gasteiger partial charge in [-0.15, -0.1) is 0 Å². The second-order valence-electron chi connectivity index (χ2n) is 6.23. The lowest BCUT2D eigenvalue weighted by Crippen LogP contribution is -2.38. The maximum atomic E-state index is 12.4. The van der Waals surface area contributed by atoms with Crippen molar-refractivity contribution in [3.8, 4) is 0 Å². The molecule has 128 valence electrons. The van der Waals surface area contributed by atoms with E-state index in [1.807, 2.05) is 11.1 Å². The molecule has 3 rings (SSSR count). The first-order valence-electron chi connectivity index (χ1n) is 8.52. The molecule has 0 aromatic carbocycles. The lowest BCUT2D eigenvalue weighted by Gasteiger charge is -2.32. The quantitative estimate of drug-likeness (QED) is 0.867. The maximum absolute atomic E-state index is 12.4. The van der Waals surface area contributed by atoms with Gasteiger partial charge in [-0.3, -0.25) is 14.7 Å². The smallest absolute Gasteiger partial charge is 0.264 e. The molecule has 0 saturated carbocycles. The van der Waals surface area contributed by atoms with E-state index in [4.69, 9.17) is 0 Å². The van der Waals surface area contributed by atoms with E-state index < -0.39 is 0 Å². The van der Waals surface area contributed by atoms with Gasteiger partial charge >= 0.3 is 0 Å². The topological polar surface area (TPSA) is 94.7 Å². The molecule has 0 bridgehead atoms. The maximum Gasteiger partial charge on any atom is 0.264 e. The van der Waals surface area contributed by atoms with Crippen molar-refractivity contribution in [2.24, 2.45) is 0 Å². The molecular weight excluding hydrogens is 306 g/mol. The third-order valence-corrected chi connectivity index (χ3v) is 4.72. The molecule has 0 spiro atoms. The van der Waals surface area contributed by atoms with Crippen LogP contribution in [0, 0.1) is 0 Å². The first-order chi connectivity index (χ1) is 11.7. The summed E-state index contributed by atoms with van der Waals surface area (Å²) in [5, 5.41) is 13.6. The van der Waals surface area contributed by atoms with Gasteiger partial charge in [-0.05, 0) is 30.9 Å². The monoisotopic (exact) mass is 329 g/mol. The van der Waals surface area contributed by atoms with E-state index in [1.54, 1.807) is 6.07 Å². The summed E-state index contributed by atoms with van der Waals surface area (Å²) in [6, 6.07) is 3.11. The standard InChI is InChI=1S/C17H23N5O2/c1-2-12-11-18-21-17(12)13-7-9-22(10-8-13)16(24)6-4-14-3-5-15(23)20-19-14/h3,5,11,13H,2,4,6-10H2,1H3,(H,18,21)(H,20,23). The summed E-state index contributed by atoms with van der Waals surface area (Å²) in [7, 11) is 0. The lowest BCUT2D eigenvalue weighted by molar-refractivity contribution is -0.132. The van der Waals surface area contributed by atoms with E-state index in [9.17, 15) is 9.59 Å². The molecule has 2 aromatic heterocycles. The number of hydrogen-bond acceptors (Lipinski definition) is 4. The number of carbonyl (C=O) groups is 1. The second-order valence-corrected chi connectivity index (χ2v) is 6.23. The fourth-order valence-electron chi connectivity index (χ4n) is 3.28. The molecule has 0 atom stereocenters. The van der Waals surface area contributed by atoms with Gasteiger partial charge in [0, 0.05) is 43.6 Å². The molecule has 0 unspecified atom stereocenters. The van der Waals surface area contributed by atoms with E-state index in [-0.39, 0.29) is 11.5 Å². The van der Waals surface area contributed by atoms with Crippen molar-refractivity contribution in [3.63, 3.8) is 0 Å². The van der Waals surface area contributed by atoms with Gasteiger partial charge in [0.05, 0.1) is 11.9 Å². The highest BCUT2D eigenvalue weighted by molar-refractivity contribution is 5.76. The van der Waals surface area contributed by atoms with E-state index in [2.05, 4.69) is 27.3 Å². The minimum atomic E-state index is -0.225. The molecule has 0 radical (unpaired) electrons. The zero-order valence-corrected chi connectivity index (χ0v) is 13.9. The van der Waals surface area contributed by atoms with Gasteiger partial charge in [-0.25, -0.2) is 5.10 Å². The Hall–Kier alpha value is -2.44. The number of aryl methyl sites for hydroxylation is 2. The Morgan fingerprint density at radius 2 is 2.08 bits per heavy atom. The second kappa shape index (κ2) is 7.42. The van der Waals surface area contributed by atoms with Crippen LogP contribution < -0.4 is 5.56 Å². The van der Waals surface area contributed by atoms with Gasteiger partial charge in [0.1, 0.15) is 0 Å². The van der Waals surface area contributed by atoms with Crippen molar-refractivity contribution >= 4 is 5.91 Å². The zero-order valence-electron chi connectivity index (χ0n) is 13.9. The number of likely N-dealkylation sites (tertiary alicyclic amines) is 1. The van der Waals surface area contributed by atoms with Gasteiger partial charge in [0.2, 0.25) is 5.91 Å². The first-order valence-corrected chi connectivity index (χ1v) is 8.52. The van der Waals surface area contributed by atoms with Crippen LogP contribution in [0.2, 0.25) is 0 Å². The van der Waals surface area contributed by atoms with Crippen molar-refractivity contribution in [1.29, 1.82) is 0 Å². The summed E-state index contributed by atoms with van der Waals surface area (Å²) >= 11 is 0. The van der Waals surface area contributed by atoms with Crippen LogP contribution in [0.25, 0.3) is 0 Å². The number of amides is 1. The third-order valence-electron chi connectivity index (χ3n) is 4.72. The summed E-state index contributed by atoms with van der Waals surface area (Å²) in [5.74, 6) is 0.620. The van der Waals surface area contributed by atoms with Gasteiger partial charge in [-0.2, -0.15) is 10.2 Å². The van der Waals surface area contributed by atoms with Gasteiger partial charge < -0.3 is 4.90 Å². The van der Waals surface area contributed by atoms with E-state index in [1.165, 1.54) is 17.3 Å². The summed E-state index contributed by atoms with van der Waals surface area (Å²) in [4.78, 5) is 25.3. The summed E-state index contributed by atoms with van der Waals surface area (Å²) in [5.41, 5.74) is 3.03. The SMILES string of the molecule is CCc1cn[nH]c1C1CCN(C(=O)CCc2ccc(=O)[nH]n2)CC1. The summed E-state index contributed by atoms with van der Waals surface area (Å²) in [6.07, 6.45) is 5.81. The van der Waals surface area contributed by atoms with Crippen molar-refractivity contribution in [2.45, 2.75) is 44.9 Å². The molecule has 24 heavy (non-hydrogen) atoms. The van der Waals surface area contributed by atoms with Gasteiger partial charge in [0.25, 0.3) is 5.56 Å². The highest BCUT2D eigenvalue weighted by atomic mass is 16.2. The summed E-state index contributed by atoms with van der Waals surface area (Å²) in [6.45, 7) is 3.70. The molecule has 1 fully saturated rings.